The molecule has 0 amide bonds. The number of nitrogens with zero attached hydrogens (tertiary/aromatic N) is 1. The van der Waals surface area contributed by atoms with Crippen LogP contribution < -0.4 is 0 Å². The van der Waals surface area contributed by atoms with Gasteiger partial charge in [-0.15, -0.1) is 0 Å². The lowest BCUT2D eigenvalue weighted by Crippen LogP contribution is -2.56. The lowest BCUT2D eigenvalue weighted by Gasteiger charge is -2.51. The van der Waals surface area contributed by atoms with Crippen LogP contribution in [0.2, 0.25) is 0 Å². The average molecular weight is 280 g/mol. The third-order valence-electron chi connectivity index (χ3n) is 6.48. The monoisotopic (exact) mass is 279 g/mol. The largest absolute Gasteiger partial charge is 0.296 e. The predicted molar refractivity (Wildman–Crippen MR) is 89.2 cm³/mol. The topological polar surface area (TPSA) is 3.24 Å². The van der Waals surface area contributed by atoms with E-state index < -0.39 is 0 Å². The molecule has 2 saturated carbocycles. The highest BCUT2D eigenvalue weighted by molar-refractivity contribution is 4.96. The zero-order valence-corrected chi connectivity index (χ0v) is 14.3. The second kappa shape index (κ2) is 7.29. The average Bonchev–Trinajstić information content (AvgIpc) is 2.38. The van der Waals surface area contributed by atoms with Gasteiger partial charge in [0.15, 0.2) is 0 Å². The zero-order valence-electron chi connectivity index (χ0n) is 14.3. The molecule has 0 aromatic carbocycles. The van der Waals surface area contributed by atoms with Gasteiger partial charge in [-0.25, -0.2) is 0 Å². The molecule has 0 unspecified atom stereocenters. The Morgan fingerprint density at radius 3 is 1.05 bits per heavy atom. The quantitative estimate of drug-likeness (QED) is 0.606. The van der Waals surface area contributed by atoms with Gasteiger partial charge in [0.2, 0.25) is 0 Å². The Balaban J connectivity index is 2.06. The Labute approximate surface area is 127 Å². The van der Waals surface area contributed by atoms with Gasteiger partial charge in [0.05, 0.1) is 0 Å². The zero-order chi connectivity index (χ0) is 14.5. The van der Waals surface area contributed by atoms with Gasteiger partial charge in [0, 0.05) is 11.1 Å². The molecule has 2 aliphatic rings. The number of hydrogen-bond acceptors (Lipinski definition) is 1. The molecule has 1 heteroatoms. The van der Waals surface area contributed by atoms with E-state index in [4.69, 9.17) is 0 Å². The van der Waals surface area contributed by atoms with Gasteiger partial charge in [0.1, 0.15) is 0 Å². The molecule has 0 heterocycles. The van der Waals surface area contributed by atoms with Crippen LogP contribution in [0.25, 0.3) is 0 Å². The molecule has 0 spiro atoms. The fourth-order valence-corrected chi connectivity index (χ4v) is 4.66. The van der Waals surface area contributed by atoms with Crippen molar-refractivity contribution in [1.82, 2.24) is 4.90 Å². The van der Waals surface area contributed by atoms with Gasteiger partial charge in [-0.05, 0) is 46.6 Å². The maximum atomic E-state index is 2.83. The predicted octanol–water partition coefficient (Wildman–Crippen LogP) is 5.92. The maximum Gasteiger partial charge on any atom is 0.0183 e. The smallest absolute Gasteiger partial charge is 0.0183 e. The van der Waals surface area contributed by atoms with E-state index in [1.165, 1.54) is 89.9 Å². The highest BCUT2D eigenvalue weighted by atomic mass is 15.2. The first-order valence-corrected chi connectivity index (χ1v) is 9.31. The molecule has 0 radical (unpaired) electrons. The van der Waals surface area contributed by atoms with Crippen molar-refractivity contribution < 1.29 is 0 Å². The van der Waals surface area contributed by atoms with Crippen molar-refractivity contribution in [2.45, 2.75) is 115 Å². The summed E-state index contributed by atoms with van der Waals surface area (Å²) < 4.78 is 0. The molecule has 1 nitrogen and oxygen atoms in total. The van der Waals surface area contributed by atoms with Gasteiger partial charge in [0.25, 0.3) is 0 Å². The van der Waals surface area contributed by atoms with Crippen molar-refractivity contribution in [2.75, 3.05) is 7.05 Å². The van der Waals surface area contributed by atoms with Crippen molar-refractivity contribution in [2.24, 2.45) is 0 Å². The normalized spacial score (nSPS) is 28.2. The third kappa shape index (κ3) is 4.00. The summed E-state index contributed by atoms with van der Waals surface area (Å²) in [4.78, 5) is 2.83. The van der Waals surface area contributed by atoms with Crippen LogP contribution >= 0.6 is 0 Å². The van der Waals surface area contributed by atoms with Crippen molar-refractivity contribution >= 4 is 0 Å². The lowest BCUT2D eigenvalue weighted by atomic mass is 9.77. The highest BCUT2D eigenvalue weighted by Crippen LogP contribution is 2.40. The van der Waals surface area contributed by atoms with E-state index in [2.05, 4.69) is 25.8 Å². The van der Waals surface area contributed by atoms with Crippen LogP contribution in [0.15, 0.2) is 0 Å². The standard InChI is InChI=1S/C19H37N/c1-18(14-10-6-4-7-11-15-18)20(3)19(2)16-12-8-5-9-13-17-19/h4-17H2,1-3H3. The summed E-state index contributed by atoms with van der Waals surface area (Å²) in [7, 11) is 2.45. The van der Waals surface area contributed by atoms with E-state index in [9.17, 15) is 0 Å². The molecular formula is C19H37N. The maximum absolute atomic E-state index is 2.83. The number of rotatable bonds is 2. The van der Waals surface area contributed by atoms with E-state index in [1.807, 2.05) is 0 Å². The van der Waals surface area contributed by atoms with Crippen LogP contribution in [0, 0.1) is 0 Å². The second-order valence-electron chi connectivity index (χ2n) is 8.09. The third-order valence-corrected chi connectivity index (χ3v) is 6.48. The van der Waals surface area contributed by atoms with Gasteiger partial charge in [-0.1, -0.05) is 64.2 Å². The van der Waals surface area contributed by atoms with Gasteiger partial charge < -0.3 is 0 Å². The Kier molecular flexibility index (Phi) is 5.95. The van der Waals surface area contributed by atoms with Crippen LogP contribution in [-0.2, 0) is 0 Å². The molecule has 0 saturated heterocycles. The van der Waals surface area contributed by atoms with Crippen molar-refractivity contribution in [3.63, 3.8) is 0 Å². The summed E-state index contributed by atoms with van der Waals surface area (Å²) in [6.45, 7) is 5.12. The molecule has 0 bridgehead atoms. The summed E-state index contributed by atoms with van der Waals surface area (Å²) in [5.41, 5.74) is 0.905. The first-order valence-electron chi connectivity index (χ1n) is 9.31. The van der Waals surface area contributed by atoms with Gasteiger partial charge >= 0.3 is 0 Å². The Hall–Kier alpha value is -0.0400. The molecule has 20 heavy (non-hydrogen) atoms. The molecule has 118 valence electrons. The molecule has 2 aliphatic carbocycles. The highest BCUT2D eigenvalue weighted by Gasteiger charge is 2.40. The minimum atomic E-state index is 0.453. The van der Waals surface area contributed by atoms with Gasteiger partial charge in [-0.2, -0.15) is 0 Å². The Morgan fingerprint density at radius 1 is 0.500 bits per heavy atom. The van der Waals surface area contributed by atoms with Crippen LogP contribution in [-0.4, -0.2) is 23.0 Å². The van der Waals surface area contributed by atoms with Crippen molar-refractivity contribution in [3.8, 4) is 0 Å². The SMILES string of the molecule is CN(C1(C)CCCCCCC1)C1(C)CCCCCCC1. The first-order chi connectivity index (χ1) is 9.57. The van der Waals surface area contributed by atoms with Crippen molar-refractivity contribution in [1.29, 1.82) is 0 Å². The molecule has 0 aromatic heterocycles. The van der Waals surface area contributed by atoms with Crippen LogP contribution in [0.3, 0.4) is 0 Å². The van der Waals surface area contributed by atoms with Gasteiger partial charge in [-0.3, -0.25) is 4.90 Å². The second-order valence-corrected chi connectivity index (χ2v) is 8.09. The van der Waals surface area contributed by atoms with E-state index in [-0.39, 0.29) is 0 Å². The molecule has 2 fully saturated rings. The summed E-state index contributed by atoms with van der Waals surface area (Å²) in [6, 6.07) is 0. The molecule has 0 aliphatic heterocycles. The minimum Gasteiger partial charge on any atom is -0.296 e. The summed E-state index contributed by atoms with van der Waals surface area (Å²) in [5, 5.41) is 0. The molecular weight excluding hydrogens is 242 g/mol. The van der Waals surface area contributed by atoms with Crippen LogP contribution in [0.4, 0.5) is 0 Å². The molecule has 2 rings (SSSR count). The fourth-order valence-electron chi connectivity index (χ4n) is 4.66. The summed E-state index contributed by atoms with van der Waals surface area (Å²) >= 11 is 0. The van der Waals surface area contributed by atoms with E-state index in [0.717, 1.165) is 0 Å². The van der Waals surface area contributed by atoms with E-state index in [0.29, 0.717) is 11.1 Å². The minimum absolute atomic E-state index is 0.453. The van der Waals surface area contributed by atoms with E-state index >= 15 is 0 Å². The lowest BCUT2D eigenvalue weighted by molar-refractivity contribution is -0.00995. The summed E-state index contributed by atoms with van der Waals surface area (Å²) in [6.07, 6.45) is 20.2. The molecule has 0 N–H and O–H groups in total. The van der Waals surface area contributed by atoms with Crippen molar-refractivity contribution in [3.05, 3.63) is 0 Å². The summed E-state index contributed by atoms with van der Waals surface area (Å²) in [5.74, 6) is 0. The number of hydrogen-bond donors (Lipinski definition) is 0. The van der Waals surface area contributed by atoms with Crippen LogP contribution in [0.5, 0.6) is 0 Å². The molecule has 0 aromatic rings. The Bertz CT molecular complexity index is 239. The fraction of sp³-hybridized carbons (Fsp3) is 1.00. The van der Waals surface area contributed by atoms with E-state index in [1.54, 1.807) is 0 Å². The molecule has 0 atom stereocenters. The first kappa shape index (κ1) is 16.3. The van der Waals surface area contributed by atoms with Crippen LogP contribution in [0.1, 0.15) is 104 Å². The Morgan fingerprint density at radius 2 is 0.750 bits per heavy atom.